The number of hydrogen-bond donors (Lipinski definition) is 0. The number of amides is 3. The Hall–Kier alpha value is -2.32. The molecule has 12 heteroatoms. The summed E-state index contributed by atoms with van der Waals surface area (Å²) in [7, 11) is 0. The van der Waals surface area contributed by atoms with Crippen LogP contribution in [0.5, 0.6) is 0 Å². The number of hydrogen-bond acceptors (Lipinski definition) is 4. The van der Waals surface area contributed by atoms with Gasteiger partial charge < -0.3 is 0 Å². The van der Waals surface area contributed by atoms with E-state index in [0.717, 1.165) is 5.01 Å². The lowest BCUT2D eigenvalue weighted by Crippen LogP contribution is -2.56. The zero-order valence-electron chi connectivity index (χ0n) is 18.0. The van der Waals surface area contributed by atoms with Gasteiger partial charge in [0.2, 0.25) is 0 Å². The number of ketones is 1. The van der Waals surface area contributed by atoms with E-state index in [2.05, 4.69) is 0 Å². The van der Waals surface area contributed by atoms with E-state index in [1.165, 1.54) is 55.5 Å². The zero-order valence-corrected chi connectivity index (χ0v) is 22.5. The molecule has 184 valence electrons. The van der Waals surface area contributed by atoms with Crippen LogP contribution in [0.2, 0.25) is 30.1 Å². The smallest absolute Gasteiger partial charge is 0.282 e. The average Bonchev–Trinajstić information content (AvgIpc) is 3.12. The van der Waals surface area contributed by atoms with Gasteiger partial charge in [-0.3, -0.25) is 19.2 Å². The van der Waals surface area contributed by atoms with Crippen LogP contribution in [0.1, 0.15) is 48.4 Å². The van der Waals surface area contributed by atoms with Crippen molar-refractivity contribution in [3.63, 3.8) is 0 Å². The molecule has 0 saturated carbocycles. The number of carbonyl (C=O) groups excluding carboxylic acids is 4. The first-order chi connectivity index (χ1) is 17.0. The molecule has 0 saturated heterocycles. The Morgan fingerprint density at radius 3 is 1.47 bits per heavy atom. The SMILES string of the molecule is C[C@@H](C(=O)c1ccc(Cl)cc1)N(C(=O)c1ccc(Cl)cc1)N1C(=O)c2c(Cl)c(Cl)c(Cl)c(Cl)c2C1=O. The fraction of sp³-hybridized carbons (Fsp3) is 0.0833. The molecular weight excluding hydrogens is 593 g/mol. The third-order valence-electron chi connectivity index (χ3n) is 5.47. The van der Waals surface area contributed by atoms with Crippen molar-refractivity contribution in [3.8, 4) is 0 Å². The van der Waals surface area contributed by atoms with Crippen molar-refractivity contribution < 1.29 is 19.2 Å². The minimum absolute atomic E-state index is 0.0555. The molecule has 3 amide bonds. The summed E-state index contributed by atoms with van der Waals surface area (Å²) in [6, 6.07) is 10.3. The molecule has 0 radical (unpaired) electrons. The van der Waals surface area contributed by atoms with Crippen LogP contribution in [-0.4, -0.2) is 39.6 Å². The molecule has 0 aromatic heterocycles. The van der Waals surface area contributed by atoms with E-state index in [1.54, 1.807) is 0 Å². The standard InChI is InChI=1S/C24H12Cl6N2O4/c1-10(21(33)11-2-6-13(25)7-3-11)31(22(34)12-4-8-14(26)9-5-12)32-23(35)15-16(24(32)36)18(28)20(30)19(29)17(15)27/h2-10H,1H3/t10-/m0/s1. The predicted octanol–water partition coefficient (Wildman–Crippen LogP) is 7.53. The Morgan fingerprint density at radius 2 is 1.06 bits per heavy atom. The van der Waals surface area contributed by atoms with Crippen LogP contribution in [0.25, 0.3) is 0 Å². The normalized spacial score (nSPS) is 13.6. The molecule has 0 unspecified atom stereocenters. The molecular formula is C24H12Cl6N2O4. The van der Waals surface area contributed by atoms with Gasteiger partial charge in [0.25, 0.3) is 17.7 Å². The van der Waals surface area contributed by atoms with Gasteiger partial charge in [0.05, 0.1) is 31.2 Å². The summed E-state index contributed by atoms with van der Waals surface area (Å²) in [4.78, 5) is 54.0. The molecule has 3 aromatic rings. The van der Waals surface area contributed by atoms with Crippen LogP contribution in [0.4, 0.5) is 0 Å². The summed E-state index contributed by atoms with van der Waals surface area (Å²) in [6.07, 6.45) is 0. The van der Waals surface area contributed by atoms with Gasteiger partial charge in [-0.25, -0.2) is 5.01 Å². The molecule has 0 bridgehead atoms. The minimum Gasteiger partial charge on any atom is -0.292 e. The quantitative estimate of drug-likeness (QED) is 0.131. The first-order valence-electron chi connectivity index (χ1n) is 10.1. The molecule has 0 fully saturated rings. The first kappa shape index (κ1) is 26.7. The van der Waals surface area contributed by atoms with Crippen LogP contribution in [0.3, 0.4) is 0 Å². The minimum atomic E-state index is -1.33. The van der Waals surface area contributed by atoms with E-state index in [-0.39, 0.29) is 42.3 Å². The van der Waals surface area contributed by atoms with E-state index in [4.69, 9.17) is 69.6 Å². The monoisotopic (exact) mass is 602 g/mol. The van der Waals surface area contributed by atoms with E-state index in [9.17, 15) is 19.2 Å². The summed E-state index contributed by atoms with van der Waals surface area (Å²) < 4.78 is 0. The highest BCUT2D eigenvalue weighted by molar-refractivity contribution is 6.55. The maximum Gasteiger partial charge on any atom is 0.282 e. The van der Waals surface area contributed by atoms with Crippen molar-refractivity contribution in [2.45, 2.75) is 13.0 Å². The highest BCUT2D eigenvalue weighted by atomic mass is 35.5. The molecule has 0 spiro atoms. The number of hydrazine groups is 1. The largest absolute Gasteiger partial charge is 0.292 e. The number of fused-ring (bicyclic) bond motifs is 1. The third kappa shape index (κ3) is 4.47. The third-order valence-corrected chi connectivity index (χ3v) is 7.78. The molecule has 1 heterocycles. The van der Waals surface area contributed by atoms with Crippen LogP contribution >= 0.6 is 69.6 Å². The molecule has 3 aromatic carbocycles. The molecule has 1 atom stereocenters. The summed E-state index contributed by atoms with van der Waals surface area (Å²) in [5.74, 6) is -3.41. The summed E-state index contributed by atoms with van der Waals surface area (Å²) in [5, 5.41) is 0.939. The van der Waals surface area contributed by atoms with Gasteiger partial charge in [0.15, 0.2) is 5.78 Å². The lowest BCUT2D eigenvalue weighted by Gasteiger charge is -2.34. The van der Waals surface area contributed by atoms with Crippen LogP contribution in [0, 0.1) is 0 Å². The Morgan fingerprint density at radius 1 is 0.667 bits per heavy atom. The fourth-order valence-corrected chi connectivity index (χ4v) is 4.93. The molecule has 6 nitrogen and oxygen atoms in total. The average molecular weight is 605 g/mol. The lowest BCUT2D eigenvalue weighted by atomic mass is 10.0. The van der Waals surface area contributed by atoms with Gasteiger partial charge in [-0.15, -0.1) is 0 Å². The van der Waals surface area contributed by atoms with Gasteiger partial charge in [-0.2, -0.15) is 5.01 Å². The van der Waals surface area contributed by atoms with Crippen LogP contribution in [-0.2, 0) is 0 Å². The summed E-state index contributed by atoms with van der Waals surface area (Å²) in [5.41, 5.74) is -0.415. The highest BCUT2D eigenvalue weighted by Crippen LogP contribution is 2.45. The molecule has 0 N–H and O–H groups in total. The summed E-state index contributed by atoms with van der Waals surface area (Å²) in [6.45, 7) is 1.37. The predicted molar refractivity (Wildman–Crippen MR) is 140 cm³/mol. The number of rotatable bonds is 5. The molecule has 36 heavy (non-hydrogen) atoms. The molecule has 4 rings (SSSR count). The number of halogens is 6. The number of Topliss-reactive ketones (excluding diaryl/α,β-unsaturated/α-hetero) is 1. The van der Waals surface area contributed by atoms with Crippen molar-refractivity contribution >= 4 is 93.1 Å². The molecule has 0 aliphatic carbocycles. The number of nitrogens with zero attached hydrogens (tertiary/aromatic N) is 2. The Labute approximate surface area is 235 Å². The van der Waals surface area contributed by atoms with Gasteiger partial charge in [0, 0.05) is 21.2 Å². The second-order valence-electron chi connectivity index (χ2n) is 7.63. The van der Waals surface area contributed by atoms with E-state index in [1.807, 2.05) is 0 Å². The second kappa shape index (κ2) is 10.2. The number of benzene rings is 3. The van der Waals surface area contributed by atoms with Crippen molar-refractivity contribution in [1.82, 2.24) is 10.0 Å². The molecule has 1 aliphatic rings. The maximum atomic E-state index is 13.7. The fourth-order valence-electron chi connectivity index (χ4n) is 3.66. The van der Waals surface area contributed by atoms with Crippen molar-refractivity contribution in [3.05, 3.63) is 101 Å². The van der Waals surface area contributed by atoms with Gasteiger partial charge in [0.1, 0.15) is 6.04 Å². The van der Waals surface area contributed by atoms with Crippen LogP contribution < -0.4 is 0 Å². The first-order valence-corrected chi connectivity index (χ1v) is 12.4. The van der Waals surface area contributed by atoms with E-state index >= 15 is 0 Å². The number of carbonyl (C=O) groups is 4. The topological polar surface area (TPSA) is 74.8 Å². The van der Waals surface area contributed by atoms with E-state index < -0.39 is 29.5 Å². The number of imide groups is 1. The maximum absolute atomic E-state index is 13.7. The molecule has 1 aliphatic heterocycles. The van der Waals surface area contributed by atoms with Gasteiger partial charge in [-0.05, 0) is 55.5 Å². The van der Waals surface area contributed by atoms with Gasteiger partial charge in [-0.1, -0.05) is 69.6 Å². The van der Waals surface area contributed by atoms with Crippen molar-refractivity contribution in [1.29, 1.82) is 0 Å². The van der Waals surface area contributed by atoms with Crippen molar-refractivity contribution in [2.75, 3.05) is 0 Å². The van der Waals surface area contributed by atoms with Crippen LogP contribution in [0.15, 0.2) is 48.5 Å². The Kier molecular flexibility index (Phi) is 7.58. The lowest BCUT2D eigenvalue weighted by molar-refractivity contribution is -0.00679. The van der Waals surface area contributed by atoms with Crippen molar-refractivity contribution in [2.24, 2.45) is 0 Å². The highest BCUT2D eigenvalue weighted by Gasteiger charge is 2.48. The van der Waals surface area contributed by atoms with Gasteiger partial charge >= 0.3 is 0 Å². The van der Waals surface area contributed by atoms with E-state index in [0.29, 0.717) is 15.1 Å². The zero-order chi connectivity index (χ0) is 26.5. The Bertz CT molecular complexity index is 1390. The summed E-state index contributed by atoms with van der Waals surface area (Å²) >= 11 is 36.5. The second-order valence-corrected chi connectivity index (χ2v) is 10.0. The Balaban J connectivity index is 1.86.